The molecule has 0 heterocycles. The first-order valence-electron chi connectivity index (χ1n) is 9.95. The zero-order valence-electron chi connectivity index (χ0n) is 21.6. The topological polar surface area (TPSA) is 94.8 Å². The molecule has 0 bridgehead atoms. The molecule has 0 aliphatic carbocycles. The van der Waals surface area contributed by atoms with Crippen molar-refractivity contribution in [2.24, 2.45) is 5.92 Å². The van der Waals surface area contributed by atoms with Crippen molar-refractivity contribution in [1.29, 1.82) is 1.28 Å². The van der Waals surface area contributed by atoms with E-state index >= 15 is 0 Å². The minimum absolute atomic E-state index is 0. The van der Waals surface area contributed by atoms with Crippen molar-refractivity contribution in [2.45, 2.75) is 115 Å². The van der Waals surface area contributed by atoms with Crippen molar-refractivity contribution in [2.75, 3.05) is 13.2 Å². The minimum atomic E-state index is -0.559. The van der Waals surface area contributed by atoms with Gasteiger partial charge in [0.25, 0.3) is 0 Å². The van der Waals surface area contributed by atoms with Crippen LogP contribution >= 0.6 is 9.06 Å². The van der Waals surface area contributed by atoms with Crippen molar-refractivity contribution in [3.05, 3.63) is 0 Å². The smallest absolute Gasteiger partial charge is 1.00 e. The normalized spacial score (nSPS) is 8.06. The van der Waals surface area contributed by atoms with Crippen molar-refractivity contribution in [3.8, 4) is 0 Å². The van der Waals surface area contributed by atoms with E-state index in [1.54, 1.807) is 0 Å². The average Bonchev–Trinajstić information content (AvgIpc) is 2.72. The number of Topliss-reactive ketones (excluding diaryl/α,β-unsaturated/α-hetero) is 2. The van der Waals surface area contributed by atoms with Crippen LogP contribution in [0.15, 0.2) is 0 Å². The Kier molecular flexibility index (Phi) is 118. The average molecular weight is 478 g/mol. The number of aliphatic hydroxyl groups is 3. The summed E-state index contributed by atoms with van der Waals surface area (Å²) in [6.45, 7) is 13.3. The molecular weight excluding hydrogens is 420 g/mol. The number of hydrogen-bond donors (Lipinski definition) is 3. The van der Waals surface area contributed by atoms with Gasteiger partial charge in [0.05, 0.1) is 13.7 Å². The molecule has 187 valence electrons. The second kappa shape index (κ2) is 63.2. The van der Waals surface area contributed by atoms with Crippen LogP contribution in [-0.2, 0) is 9.59 Å². The molecule has 0 aliphatic heterocycles. The summed E-state index contributed by atoms with van der Waals surface area (Å²) in [6.07, 6.45) is 5.75. The van der Waals surface area contributed by atoms with Gasteiger partial charge in [-0.2, -0.15) is 9.06 Å². The largest absolute Gasteiger partial charge is 1.00 e. The van der Waals surface area contributed by atoms with Crippen LogP contribution < -0.4 is 29.6 Å². The molecule has 0 saturated heterocycles. The number of rotatable bonds is 8. The fourth-order valence-electron chi connectivity index (χ4n) is 0.877. The van der Waals surface area contributed by atoms with Crippen molar-refractivity contribution < 1.29 is 55.9 Å². The number of aliphatic hydroxyl groups excluding tert-OH is 3. The molecule has 0 amide bonds. The second-order valence-electron chi connectivity index (χ2n) is 5.49. The van der Waals surface area contributed by atoms with Gasteiger partial charge in [-0.3, -0.25) is 9.59 Å². The molecule has 0 aromatic heterocycles. The van der Waals surface area contributed by atoms with Gasteiger partial charge in [-0.05, 0) is 18.8 Å². The quantitative estimate of drug-likeness (QED) is 0.367. The van der Waals surface area contributed by atoms with E-state index in [2.05, 4.69) is 28.3 Å². The number of carbonyl (C=O) groups excluding carboxylic acids is 2. The second-order valence-corrected chi connectivity index (χ2v) is 5.49. The molecular formula is C22H57B2NaO5P. The van der Waals surface area contributed by atoms with Crippen LogP contribution in [0.25, 0.3) is 0 Å². The van der Waals surface area contributed by atoms with Crippen LogP contribution in [-0.4, -0.2) is 63.5 Å². The molecule has 5 nitrogen and oxygen atoms in total. The van der Waals surface area contributed by atoms with Gasteiger partial charge in [0.1, 0.15) is 19.0 Å². The van der Waals surface area contributed by atoms with Crippen molar-refractivity contribution in [1.82, 2.24) is 0 Å². The Hall–Kier alpha value is 0.780. The molecule has 0 aromatic carbocycles. The standard InChI is InChI=1S/C6H14.C5H12O.C5H10O.C3H6O3.3CH4.BH2P.B.Na.H/c1-4-6(3)5-2;2*1-3-5(6)4-2;4-1-3(6)2-5;;;;1-2;;;/h6H,4-5H2,1-3H3;5-6H,3-4H2,1-2H3;3-4H2,1-2H3;4-5H,1-2H2;3*1H4;2H2;;;/q;;;;;;;;;+1;-1/i;;;;;;;2D;;;. The first kappa shape index (κ1) is 58.0. The Morgan fingerprint density at radius 1 is 0.871 bits per heavy atom. The Morgan fingerprint density at radius 3 is 1.13 bits per heavy atom. The van der Waals surface area contributed by atoms with E-state index in [-0.39, 0.29) is 76.8 Å². The summed E-state index contributed by atoms with van der Waals surface area (Å²) < 4.78 is 6.01. The maximum Gasteiger partial charge on any atom is 1.00 e. The zero-order valence-corrected chi connectivity index (χ0v) is 22.6. The van der Waals surface area contributed by atoms with Crippen LogP contribution in [0.1, 0.15) is 111 Å². The minimum Gasteiger partial charge on any atom is -1.00 e. The van der Waals surface area contributed by atoms with Gasteiger partial charge in [-0.15, -0.1) is 0 Å². The Labute approximate surface area is 227 Å². The third-order valence-electron chi connectivity index (χ3n) is 3.48. The van der Waals surface area contributed by atoms with E-state index in [0.29, 0.717) is 18.6 Å². The van der Waals surface area contributed by atoms with Crippen LogP contribution in [0.2, 0.25) is 0 Å². The number of ketones is 2. The SMILES string of the molecule is C.C.C.CCC(=O)CC.CCC(C)CC.CCC(O)CC.O=C(CO)CO.[2H]P[B].[B].[H-].[Na+]. The summed E-state index contributed by atoms with van der Waals surface area (Å²) in [5, 5.41) is 24.3. The first-order chi connectivity index (χ1) is 12.6. The van der Waals surface area contributed by atoms with E-state index in [1.165, 1.54) is 12.8 Å². The van der Waals surface area contributed by atoms with Crippen LogP contribution in [0.5, 0.6) is 0 Å². The Morgan fingerprint density at radius 2 is 1.13 bits per heavy atom. The molecule has 0 fully saturated rings. The summed E-state index contributed by atoms with van der Waals surface area (Å²) in [4.78, 5) is 19.9. The van der Waals surface area contributed by atoms with E-state index in [9.17, 15) is 9.59 Å². The predicted molar refractivity (Wildman–Crippen MR) is 144 cm³/mol. The van der Waals surface area contributed by atoms with Gasteiger partial charge >= 0.3 is 29.6 Å². The molecule has 1 atom stereocenters. The first-order valence-corrected chi connectivity index (χ1v) is 10.0. The summed E-state index contributed by atoms with van der Waals surface area (Å²) in [5.74, 6) is 0.731. The number of carbonyl (C=O) groups is 2. The zero-order chi connectivity index (χ0) is 22.7. The maximum absolute atomic E-state index is 10.2. The molecule has 1 unspecified atom stereocenters. The fourth-order valence-corrected chi connectivity index (χ4v) is 0.877. The monoisotopic (exact) mass is 478 g/mol. The van der Waals surface area contributed by atoms with E-state index < -0.39 is 19.0 Å². The van der Waals surface area contributed by atoms with Gasteiger partial charge < -0.3 is 16.7 Å². The van der Waals surface area contributed by atoms with Crippen molar-refractivity contribution in [3.63, 3.8) is 0 Å². The van der Waals surface area contributed by atoms with Gasteiger partial charge in [-0.25, -0.2) is 0 Å². The fraction of sp³-hybridized carbons (Fsp3) is 0.909. The molecule has 0 saturated carbocycles. The summed E-state index contributed by atoms with van der Waals surface area (Å²) in [5.41, 5.74) is 0. The summed E-state index contributed by atoms with van der Waals surface area (Å²) in [6, 6.07) is 0. The predicted octanol–water partition coefficient (Wildman–Crippen LogP) is 2.11. The van der Waals surface area contributed by atoms with Gasteiger partial charge in [0.15, 0.2) is 5.78 Å². The summed E-state index contributed by atoms with van der Waals surface area (Å²) in [7, 11) is 4.38. The molecule has 5 radical (unpaired) electrons. The third-order valence-corrected chi connectivity index (χ3v) is 3.48. The molecule has 3 N–H and O–H groups in total. The Bertz CT molecular complexity index is 256. The van der Waals surface area contributed by atoms with Crippen LogP contribution in [0.4, 0.5) is 0 Å². The van der Waals surface area contributed by atoms with Gasteiger partial charge in [-0.1, -0.05) is 83.6 Å². The van der Waals surface area contributed by atoms with Gasteiger partial charge in [0, 0.05) is 22.5 Å². The Balaban J connectivity index is -0.0000000197. The molecule has 9 heteroatoms. The molecule has 0 rings (SSSR count). The van der Waals surface area contributed by atoms with Crippen LogP contribution in [0, 0.1) is 5.92 Å². The van der Waals surface area contributed by atoms with E-state index in [4.69, 9.17) is 16.6 Å². The van der Waals surface area contributed by atoms with Crippen molar-refractivity contribution >= 4 is 36.6 Å². The maximum atomic E-state index is 10.2. The van der Waals surface area contributed by atoms with E-state index in [0.717, 1.165) is 18.8 Å². The van der Waals surface area contributed by atoms with E-state index in [1.807, 2.05) is 27.7 Å². The third kappa shape index (κ3) is 90.5. The summed E-state index contributed by atoms with van der Waals surface area (Å²) >= 11 is 0. The number of hydrogen-bond acceptors (Lipinski definition) is 5. The van der Waals surface area contributed by atoms with Crippen LogP contribution in [0.3, 0.4) is 0 Å². The molecule has 31 heavy (non-hydrogen) atoms. The molecule has 0 aromatic rings. The van der Waals surface area contributed by atoms with Gasteiger partial charge in [0.2, 0.25) is 0 Å². The molecule has 0 spiro atoms. The molecule has 0 aliphatic rings.